The van der Waals surface area contributed by atoms with Crippen molar-refractivity contribution in [1.29, 1.82) is 0 Å². The molecular formula is C16H24ClIN2O. The summed E-state index contributed by atoms with van der Waals surface area (Å²) in [5.74, 6) is 1.06. The molecule has 0 atom stereocenters. The van der Waals surface area contributed by atoms with E-state index in [1.54, 1.807) is 0 Å². The maximum absolute atomic E-state index is 12.3. The van der Waals surface area contributed by atoms with E-state index in [4.69, 9.17) is 0 Å². The smallest absolute Gasteiger partial charge is 0.226 e. The summed E-state index contributed by atoms with van der Waals surface area (Å²) in [7, 11) is 2.00. The number of nitrogens with zero attached hydrogens (tertiary/aromatic N) is 1. The summed E-state index contributed by atoms with van der Waals surface area (Å²) < 4.78 is 1.19. The van der Waals surface area contributed by atoms with Crippen LogP contribution >= 0.6 is 35.0 Å². The van der Waals surface area contributed by atoms with Crippen LogP contribution in [0.4, 0.5) is 0 Å². The molecule has 3 nitrogen and oxygen atoms in total. The van der Waals surface area contributed by atoms with E-state index in [9.17, 15) is 4.79 Å². The van der Waals surface area contributed by atoms with Crippen LogP contribution in [-0.4, -0.2) is 37.5 Å². The highest BCUT2D eigenvalue weighted by atomic mass is 127. The second kappa shape index (κ2) is 9.64. The number of carbonyl (C=O) groups excluding carboxylic acids is 1. The van der Waals surface area contributed by atoms with Crippen LogP contribution in [-0.2, 0) is 11.2 Å². The van der Waals surface area contributed by atoms with Crippen molar-refractivity contribution >= 4 is 40.9 Å². The molecule has 0 aliphatic carbocycles. The van der Waals surface area contributed by atoms with Crippen molar-refractivity contribution in [3.63, 3.8) is 0 Å². The van der Waals surface area contributed by atoms with Gasteiger partial charge in [-0.25, -0.2) is 0 Å². The van der Waals surface area contributed by atoms with E-state index in [0.717, 1.165) is 44.0 Å². The molecule has 1 N–H and O–H groups in total. The first-order chi connectivity index (χ1) is 9.69. The summed E-state index contributed by atoms with van der Waals surface area (Å²) in [5.41, 5.74) is 1.12. The molecule has 0 bridgehead atoms. The van der Waals surface area contributed by atoms with Crippen molar-refractivity contribution in [2.45, 2.75) is 25.7 Å². The van der Waals surface area contributed by atoms with Gasteiger partial charge in [0.1, 0.15) is 0 Å². The number of likely N-dealkylation sites (tertiary alicyclic amines) is 1. The second-order valence-corrected chi connectivity index (χ2v) is 6.77. The van der Waals surface area contributed by atoms with E-state index in [-0.39, 0.29) is 18.3 Å². The molecule has 0 aromatic heterocycles. The van der Waals surface area contributed by atoms with Crippen LogP contribution in [0.15, 0.2) is 24.3 Å². The Morgan fingerprint density at radius 1 is 1.38 bits per heavy atom. The molecule has 1 aromatic carbocycles. The van der Waals surface area contributed by atoms with Gasteiger partial charge in [-0.05, 0) is 79.1 Å². The van der Waals surface area contributed by atoms with Gasteiger partial charge in [0.05, 0.1) is 6.42 Å². The minimum atomic E-state index is 0. The Labute approximate surface area is 147 Å². The summed E-state index contributed by atoms with van der Waals surface area (Å²) in [5, 5.41) is 3.21. The molecule has 1 aromatic rings. The highest BCUT2D eigenvalue weighted by Gasteiger charge is 2.22. The summed E-state index contributed by atoms with van der Waals surface area (Å²) in [6, 6.07) is 8.22. The van der Waals surface area contributed by atoms with Gasteiger partial charge < -0.3 is 10.2 Å². The predicted molar refractivity (Wildman–Crippen MR) is 98.0 cm³/mol. The monoisotopic (exact) mass is 422 g/mol. The number of carbonyl (C=O) groups is 1. The fourth-order valence-corrected chi connectivity index (χ4v) is 3.36. The van der Waals surface area contributed by atoms with Crippen LogP contribution in [0.25, 0.3) is 0 Å². The van der Waals surface area contributed by atoms with Crippen molar-refractivity contribution in [2.75, 3.05) is 26.7 Å². The van der Waals surface area contributed by atoms with Gasteiger partial charge >= 0.3 is 0 Å². The largest absolute Gasteiger partial charge is 0.342 e. The number of amides is 1. The maximum atomic E-state index is 12.3. The lowest BCUT2D eigenvalue weighted by Gasteiger charge is -2.32. The average Bonchev–Trinajstić information content (AvgIpc) is 2.45. The fourth-order valence-electron chi connectivity index (χ4n) is 2.75. The molecule has 0 spiro atoms. The van der Waals surface area contributed by atoms with Crippen LogP contribution in [0.5, 0.6) is 0 Å². The Bertz CT molecular complexity index is 448. The lowest BCUT2D eigenvalue weighted by atomic mass is 9.93. The molecule has 118 valence electrons. The maximum Gasteiger partial charge on any atom is 0.226 e. The highest BCUT2D eigenvalue weighted by molar-refractivity contribution is 14.1. The van der Waals surface area contributed by atoms with Gasteiger partial charge in [-0.3, -0.25) is 4.79 Å². The molecule has 0 radical (unpaired) electrons. The van der Waals surface area contributed by atoms with Crippen LogP contribution in [0.3, 0.4) is 0 Å². The summed E-state index contributed by atoms with van der Waals surface area (Å²) in [6.45, 7) is 2.94. The first kappa shape index (κ1) is 18.7. The molecule has 2 rings (SSSR count). The normalized spacial score (nSPS) is 15.6. The molecule has 1 aliphatic heterocycles. The SMILES string of the molecule is CNCCC1CCN(C(=O)Cc2cccc(I)c2)CC1.Cl. The zero-order valence-electron chi connectivity index (χ0n) is 12.5. The van der Waals surface area contributed by atoms with Gasteiger partial charge in [0, 0.05) is 16.7 Å². The van der Waals surface area contributed by atoms with E-state index in [1.807, 2.05) is 24.1 Å². The first-order valence-corrected chi connectivity index (χ1v) is 8.43. The molecular weight excluding hydrogens is 399 g/mol. The van der Waals surface area contributed by atoms with E-state index in [1.165, 1.54) is 9.99 Å². The van der Waals surface area contributed by atoms with E-state index in [0.29, 0.717) is 6.42 Å². The van der Waals surface area contributed by atoms with E-state index < -0.39 is 0 Å². The molecule has 21 heavy (non-hydrogen) atoms. The Balaban J connectivity index is 0.00000220. The van der Waals surface area contributed by atoms with Gasteiger partial charge in [0.2, 0.25) is 5.91 Å². The van der Waals surface area contributed by atoms with E-state index in [2.05, 4.69) is 40.0 Å². The molecule has 1 heterocycles. The minimum Gasteiger partial charge on any atom is -0.342 e. The van der Waals surface area contributed by atoms with Crippen molar-refractivity contribution in [1.82, 2.24) is 10.2 Å². The van der Waals surface area contributed by atoms with Crippen molar-refractivity contribution in [3.05, 3.63) is 33.4 Å². The number of benzene rings is 1. The van der Waals surface area contributed by atoms with Crippen LogP contribution in [0.2, 0.25) is 0 Å². The van der Waals surface area contributed by atoms with Crippen LogP contribution < -0.4 is 5.32 Å². The van der Waals surface area contributed by atoms with Crippen molar-refractivity contribution in [3.8, 4) is 0 Å². The van der Waals surface area contributed by atoms with Crippen molar-refractivity contribution < 1.29 is 4.79 Å². The predicted octanol–water partition coefficient (Wildman–Crippen LogP) is 3.10. The third-order valence-electron chi connectivity index (χ3n) is 4.01. The van der Waals surface area contributed by atoms with Gasteiger partial charge in [0.25, 0.3) is 0 Å². The zero-order chi connectivity index (χ0) is 14.4. The summed E-state index contributed by atoms with van der Waals surface area (Å²) in [6.07, 6.45) is 4.08. The molecule has 0 saturated carbocycles. The number of piperidine rings is 1. The lowest BCUT2D eigenvalue weighted by molar-refractivity contribution is -0.131. The first-order valence-electron chi connectivity index (χ1n) is 7.36. The number of hydrogen-bond donors (Lipinski definition) is 1. The van der Waals surface area contributed by atoms with Crippen LogP contribution in [0, 0.1) is 9.49 Å². The Morgan fingerprint density at radius 2 is 2.10 bits per heavy atom. The standard InChI is InChI=1S/C16H23IN2O.ClH/c1-18-8-5-13-6-9-19(10-7-13)16(20)12-14-3-2-4-15(17)11-14;/h2-4,11,13,18H,5-10,12H2,1H3;1H. The Morgan fingerprint density at radius 3 is 2.71 bits per heavy atom. The number of halogens is 2. The molecule has 1 fully saturated rings. The topological polar surface area (TPSA) is 32.3 Å². The fraction of sp³-hybridized carbons (Fsp3) is 0.562. The van der Waals surface area contributed by atoms with E-state index >= 15 is 0 Å². The molecule has 1 saturated heterocycles. The highest BCUT2D eigenvalue weighted by Crippen LogP contribution is 2.20. The third kappa shape index (κ3) is 6.12. The molecule has 1 amide bonds. The molecule has 0 unspecified atom stereocenters. The lowest BCUT2D eigenvalue weighted by Crippen LogP contribution is -2.39. The molecule has 5 heteroatoms. The van der Waals surface area contributed by atoms with Crippen LogP contribution in [0.1, 0.15) is 24.8 Å². The summed E-state index contributed by atoms with van der Waals surface area (Å²) >= 11 is 2.29. The third-order valence-corrected chi connectivity index (χ3v) is 4.69. The quantitative estimate of drug-likeness (QED) is 0.740. The summed E-state index contributed by atoms with van der Waals surface area (Å²) in [4.78, 5) is 14.3. The Kier molecular flexibility index (Phi) is 8.59. The van der Waals surface area contributed by atoms with Gasteiger partial charge in [-0.15, -0.1) is 12.4 Å². The van der Waals surface area contributed by atoms with Gasteiger partial charge in [-0.1, -0.05) is 12.1 Å². The van der Waals surface area contributed by atoms with Gasteiger partial charge in [0.15, 0.2) is 0 Å². The second-order valence-electron chi connectivity index (χ2n) is 5.52. The zero-order valence-corrected chi connectivity index (χ0v) is 15.5. The minimum absolute atomic E-state index is 0. The number of hydrogen-bond acceptors (Lipinski definition) is 2. The van der Waals surface area contributed by atoms with Gasteiger partial charge in [-0.2, -0.15) is 0 Å². The number of nitrogens with one attached hydrogen (secondary N) is 1. The molecule has 1 aliphatic rings. The Hall–Kier alpha value is -0.330. The average molecular weight is 423 g/mol. The number of rotatable bonds is 5. The van der Waals surface area contributed by atoms with Crippen molar-refractivity contribution in [2.24, 2.45) is 5.92 Å².